The number of ether oxygens (including phenoxy) is 1. The van der Waals surface area contributed by atoms with E-state index in [4.69, 9.17) is 4.74 Å². The van der Waals surface area contributed by atoms with E-state index in [-0.39, 0.29) is 18.5 Å². The maximum atomic E-state index is 12.4. The van der Waals surface area contributed by atoms with Gasteiger partial charge >= 0.3 is 6.03 Å². The highest BCUT2D eigenvalue weighted by molar-refractivity contribution is 5.77. The van der Waals surface area contributed by atoms with Gasteiger partial charge in [-0.2, -0.15) is 0 Å². The number of amides is 3. The summed E-state index contributed by atoms with van der Waals surface area (Å²) in [5, 5.41) is 6.15. The summed E-state index contributed by atoms with van der Waals surface area (Å²) in [6, 6.07) is 8.18. The number of nitrogens with one attached hydrogen (secondary N) is 2. The van der Waals surface area contributed by atoms with E-state index in [9.17, 15) is 9.59 Å². The Morgan fingerprint density at radius 1 is 1.10 bits per heavy atom. The second-order valence-electron chi connectivity index (χ2n) is 8.46. The Morgan fingerprint density at radius 2 is 1.86 bits per heavy atom. The van der Waals surface area contributed by atoms with Gasteiger partial charge in [0.05, 0.1) is 0 Å². The van der Waals surface area contributed by atoms with Crippen LogP contribution in [0.1, 0.15) is 56.9 Å². The van der Waals surface area contributed by atoms with Crippen LogP contribution in [0.3, 0.4) is 0 Å². The SMILES string of the molecule is Cc1cccc(OCC(=O)NCCC2CCN(C(=O)NC3CCCCC3)CC2)c1. The van der Waals surface area contributed by atoms with Gasteiger partial charge in [-0.3, -0.25) is 4.79 Å². The molecule has 2 fully saturated rings. The smallest absolute Gasteiger partial charge is 0.317 e. The van der Waals surface area contributed by atoms with Crippen molar-refractivity contribution in [2.75, 3.05) is 26.2 Å². The van der Waals surface area contributed by atoms with Crippen molar-refractivity contribution in [1.82, 2.24) is 15.5 Å². The Hall–Kier alpha value is -2.24. The summed E-state index contributed by atoms with van der Waals surface area (Å²) in [4.78, 5) is 26.4. The average Bonchev–Trinajstić information content (AvgIpc) is 2.73. The van der Waals surface area contributed by atoms with E-state index >= 15 is 0 Å². The zero-order chi connectivity index (χ0) is 20.5. The van der Waals surface area contributed by atoms with E-state index < -0.39 is 0 Å². The quantitative estimate of drug-likeness (QED) is 0.733. The monoisotopic (exact) mass is 401 g/mol. The molecule has 0 spiro atoms. The summed E-state index contributed by atoms with van der Waals surface area (Å²) >= 11 is 0. The fraction of sp³-hybridized carbons (Fsp3) is 0.652. The summed E-state index contributed by atoms with van der Waals surface area (Å²) in [6.07, 6.45) is 8.97. The van der Waals surface area contributed by atoms with Crippen molar-refractivity contribution in [1.29, 1.82) is 0 Å². The maximum absolute atomic E-state index is 12.4. The minimum atomic E-state index is -0.0872. The third-order valence-electron chi connectivity index (χ3n) is 6.07. The number of rotatable bonds is 7. The van der Waals surface area contributed by atoms with Crippen LogP contribution < -0.4 is 15.4 Å². The lowest BCUT2D eigenvalue weighted by Crippen LogP contribution is -2.48. The Morgan fingerprint density at radius 3 is 2.59 bits per heavy atom. The van der Waals surface area contributed by atoms with Crippen LogP contribution in [-0.4, -0.2) is 49.1 Å². The lowest BCUT2D eigenvalue weighted by atomic mass is 9.93. The normalized spacial score (nSPS) is 18.3. The molecule has 1 saturated heterocycles. The molecule has 1 saturated carbocycles. The summed E-state index contributed by atoms with van der Waals surface area (Å²) < 4.78 is 5.53. The summed E-state index contributed by atoms with van der Waals surface area (Å²) in [7, 11) is 0. The molecule has 160 valence electrons. The molecule has 3 rings (SSSR count). The van der Waals surface area contributed by atoms with Crippen molar-refractivity contribution in [3.63, 3.8) is 0 Å². The highest BCUT2D eigenvalue weighted by atomic mass is 16.5. The van der Waals surface area contributed by atoms with Crippen LogP contribution in [0.25, 0.3) is 0 Å². The highest BCUT2D eigenvalue weighted by Crippen LogP contribution is 2.21. The van der Waals surface area contributed by atoms with Crippen molar-refractivity contribution in [3.8, 4) is 5.75 Å². The molecule has 0 unspecified atom stereocenters. The molecule has 1 aliphatic carbocycles. The van der Waals surface area contributed by atoms with Crippen LogP contribution in [0.5, 0.6) is 5.75 Å². The second kappa shape index (κ2) is 11.1. The molecule has 1 aliphatic heterocycles. The van der Waals surface area contributed by atoms with Gasteiger partial charge in [0, 0.05) is 25.7 Å². The number of carbonyl (C=O) groups excluding carboxylic acids is 2. The molecule has 3 amide bonds. The van der Waals surface area contributed by atoms with Gasteiger partial charge in [0.25, 0.3) is 5.91 Å². The number of hydrogen-bond acceptors (Lipinski definition) is 3. The van der Waals surface area contributed by atoms with Crippen LogP contribution >= 0.6 is 0 Å². The number of urea groups is 1. The van der Waals surface area contributed by atoms with Crippen LogP contribution in [0.2, 0.25) is 0 Å². The zero-order valence-corrected chi connectivity index (χ0v) is 17.6. The van der Waals surface area contributed by atoms with Crippen LogP contribution in [0, 0.1) is 12.8 Å². The van der Waals surface area contributed by atoms with Crippen molar-refractivity contribution in [2.45, 2.75) is 64.3 Å². The first kappa shape index (κ1) is 21.5. The Kier molecular flexibility index (Phi) is 8.20. The number of carbonyl (C=O) groups is 2. The molecule has 0 radical (unpaired) electrons. The van der Waals surface area contributed by atoms with Gasteiger partial charge in [0.2, 0.25) is 0 Å². The van der Waals surface area contributed by atoms with Gasteiger partial charge in [-0.1, -0.05) is 31.4 Å². The van der Waals surface area contributed by atoms with Crippen LogP contribution in [0.15, 0.2) is 24.3 Å². The Labute approximate surface area is 174 Å². The number of aryl methyl sites for hydroxylation is 1. The van der Waals surface area contributed by atoms with Gasteiger partial charge in [-0.25, -0.2) is 4.79 Å². The Balaban J connectivity index is 1.26. The van der Waals surface area contributed by atoms with Crippen LogP contribution in [-0.2, 0) is 4.79 Å². The number of hydrogen-bond donors (Lipinski definition) is 2. The molecule has 6 heteroatoms. The Bertz CT molecular complexity index is 665. The molecule has 2 N–H and O–H groups in total. The number of piperidine rings is 1. The summed E-state index contributed by atoms with van der Waals surface area (Å²) in [5.41, 5.74) is 1.11. The summed E-state index contributed by atoms with van der Waals surface area (Å²) in [5.74, 6) is 1.20. The highest BCUT2D eigenvalue weighted by Gasteiger charge is 2.24. The van der Waals surface area contributed by atoms with Crippen molar-refractivity contribution in [2.24, 2.45) is 5.92 Å². The molecule has 1 aromatic rings. The standard InChI is InChI=1S/C23H35N3O3/c1-18-6-5-9-21(16-18)29-17-22(27)24-13-10-19-11-14-26(15-12-19)23(28)25-20-7-3-2-4-8-20/h5-6,9,16,19-20H,2-4,7-8,10-15,17H2,1H3,(H,24,27)(H,25,28). The van der Waals surface area contributed by atoms with E-state index in [1.165, 1.54) is 19.3 Å². The lowest BCUT2D eigenvalue weighted by molar-refractivity contribution is -0.123. The zero-order valence-electron chi connectivity index (χ0n) is 17.6. The third kappa shape index (κ3) is 7.26. The summed E-state index contributed by atoms with van der Waals surface area (Å²) in [6.45, 7) is 4.33. The molecular weight excluding hydrogens is 366 g/mol. The maximum Gasteiger partial charge on any atom is 0.317 e. The van der Waals surface area contributed by atoms with E-state index in [2.05, 4.69) is 10.6 Å². The van der Waals surface area contributed by atoms with E-state index in [0.717, 1.165) is 56.5 Å². The van der Waals surface area contributed by atoms with Crippen molar-refractivity contribution < 1.29 is 14.3 Å². The molecule has 6 nitrogen and oxygen atoms in total. The lowest BCUT2D eigenvalue weighted by Gasteiger charge is -2.34. The predicted octanol–water partition coefficient (Wildman–Crippen LogP) is 3.63. The number of benzene rings is 1. The van der Waals surface area contributed by atoms with Gasteiger partial charge < -0.3 is 20.3 Å². The molecule has 0 atom stereocenters. The van der Waals surface area contributed by atoms with Gasteiger partial charge in [0.1, 0.15) is 5.75 Å². The van der Waals surface area contributed by atoms with Gasteiger partial charge in [-0.05, 0) is 62.6 Å². The van der Waals surface area contributed by atoms with Crippen molar-refractivity contribution in [3.05, 3.63) is 29.8 Å². The van der Waals surface area contributed by atoms with E-state index in [1.807, 2.05) is 36.1 Å². The minimum absolute atomic E-state index is 0.0449. The minimum Gasteiger partial charge on any atom is -0.484 e. The fourth-order valence-electron chi connectivity index (χ4n) is 4.26. The largest absolute Gasteiger partial charge is 0.484 e. The fourth-order valence-corrected chi connectivity index (χ4v) is 4.26. The van der Waals surface area contributed by atoms with Crippen LogP contribution in [0.4, 0.5) is 4.79 Å². The second-order valence-corrected chi connectivity index (χ2v) is 8.46. The van der Waals surface area contributed by atoms with Gasteiger partial charge in [-0.15, -0.1) is 0 Å². The first-order valence-corrected chi connectivity index (χ1v) is 11.1. The average molecular weight is 402 g/mol. The molecular formula is C23H35N3O3. The number of likely N-dealkylation sites (tertiary alicyclic amines) is 1. The van der Waals surface area contributed by atoms with E-state index in [1.54, 1.807) is 0 Å². The molecule has 2 aliphatic rings. The first-order valence-electron chi connectivity index (χ1n) is 11.1. The molecule has 0 aromatic heterocycles. The molecule has 29 heavy (non-hydrogen) atoms. The first-order chi connectivity index (χ1) is 14.1. The van der Waals surface area contributed by atoms with E-state index in [0.29, 0.717) is 18.5 Å². The third-order valence-corrected chi connectivity index (χ3v) is 6.07. The predicted molar refractivity (Wildman–Crippen MR) is 114 cm³/mol. The molecule has 0 bridgehead atoms. The molecule has 1 heterocycles. The number of nitrogens with zero attached hydrogens (tertiary/aromatic N) is 1. The topological polar surface area (TPSA) is 70.7 Å². The van der Waals surface area contributed by atoms with Gasteiger partial charge in [0.15, 0.2) is 6.61 Å². The molecule has 1 aromatic carbocycles. The van der Waals surface area contributed by atoms with Crippen molar-refractivity contribution >= 4 is 11.9 Å².